The maximum Gasteiger partial charge on any atom is 0.273 e. The van der Waals surface area contributed by atoms with Crippen molar-refractivity contribution >= 4 is 24.1 Å². The van der Waals surface area contributed by atoms with Gasteiger partial charge in [-0.1, -0.05) is 60.6 Å². The van der Waals surface area contributed by atoms with Gasteiger partial charge in [0.15, 0.2) is 0 Å². The average molecular weight is 505 g/mol. The molecular formula is C28H52N6O2. The Balaban J connectivity index is 0. The molecule has 1 rings (SSSR count). The molecule has 0 radical (unpaired) electrons. The molecule has 1 unspecified atom stereocenters. The fourth-order valence-corrected chi connectivity index (χ4v) is 3.08. The Labute approximate surface area is 220 Å². The van der Waals surface area contributed by atoms with Crippen LogP contribution in [0.25, 0.3) is 0 Å². The van der Waals surface area contributed by atoms with Crippen molar-refractivity contribution in [2.45, 2.75) is 88.2 Å². The van der Waals surface area contributed by atoms with E-state index in [1.807, 2.05) is 73.7 Å². The van der Waals surface area contributed by atoms with E-state index in [2.05, 4.69) is 60.4 Å². The van der Waals surface area contributed by atoms with E-state index in [1.165, 1.54) is 0 Å². The standard InChI is InChI=1S/C25H44N6O.C2H6.CH2O/c1-11-16-30(9)23-21(24(32)31(10)17-12-2)26-22(27-23)20(13-3)15-14-18(4)28-29-19(5)25(6,7)8;2*1-2/h13-15,22,26-27H,11-12,16-17H2,1-10H3;1-2H3;1H2/b15-14-,20-13+,28-18+,29-19+;;. The fraction of sp³-hybridized carbons (Fsp3) is 0.643. The van der Waals surface area contributed by atoms with Crippen molar-refractivity contribution in [1.82, 2.24) is 20.4 Å². The third-order valence-corrected chi connectivity index (χ3v) is 5.49. The van der Waals surface area contributed by atoms with Crippen LogP contribution < -0.4 is 10.6 Å². The Kier molecular flexibility index (Phi) is 18.0. The zero-order valence-corrected chi connectivity index (χ0v) is 25.0. The van der Waals surface area contributed by atoms with Gasteiger partial charge in [-0.15, -0.1) is 0 Å². The molecule has 206 valence electrons. The number of nitrogens with zero attached hydrogens (tertiary/aromatic N) is 4. The molecule has 0 aromatic carbocycles. The third kappa shape index (κ3) is 11.7. The van der Waals surface area contributed by atoms with Crippen LogP contribution in [-0.2, 0) is 9.59 Å². The highest BCUT2D eigenvalue weighted by molar-refractivity contribution is 5.95. The second-order valence-electron chi connectivity index (χ2n) is 9.39. The average Bonchev–Trinajstić information content (AvgIpc) is 3.30. The van der Waals surface area contributed by atoms with E-state index in [-0.39, 0.29) is 17.5 Å². The van der Waals surface area contributed by atoms with E-state index >= 15 is 0 Å². The van der Waals surface area contributed by atoms with Crippen molar-refractivity contribution in [3.63, 3.8) is 0 Å². The lowest BCUT2D eigenvalue weighted by Crippen LogP contribution is -2.38. The van der Waals surface area contributed by atoms with Gasteiger partial charge in [-0.2, -0.15) is 10.2 Å². The summed E-state index contributed by atoms with van der Waals surface area (Å²) in [5, 5.41) is 15.6. The van der Waals surface area contributed by atoms with E-state index in [1.54, 1.807) is 4.90 Å². The van der Waals surface area contributed by atoms with Crippen molar-refractivity contribution in [2.24, 2.45) is 15.6 Å². The van der Waals surface area contributed by atoms with Crippen LogP contribution in [0, 0.1) is 5.41 Å². The van der Waals surface area contributed by atoms with Crippen LogP contribution in [0.5, 0.6) is 0 Å². The van der Waals surface area contributed by atoms with Gasteiger partial charge < -0.3 is 25.2 Å². The van der Waals surface area contributed by atoms with E-state index in [0.717, 1.165) is 48.7 Å². The summed E-state index contributed by atoms with van der Waals surface area (Å²) in [6.45, 7) is 24.1. The van der Waals surface area contributed by atoms with Crippen molar-refractivity contribution in [3.05, 3.63) is 35.3 Å². The molecular weight excluding hydrogens is 452 g/mol. The van der Waals surface area contributed by atoms with Gasteiger partial charge in [0.25, 0.3) is 5.91 Å². The van der Waals surface area contributed by atoms with Gasteiger partial charge in [0.05, 0.1) is 5.71 Å². The zero-order chi connectivity index (χ0) is 28.5. The number of allylic oxidation sites excluding steroid dienone is 2. The number of nitrogens with one attached hydrogen (secondary N) is 2. The van der Waals surface area contributed by atoms with Crippen molar-refractivity contribution in [3.8, 4) is 0 Å². The maximum absolute atomic E-state index is 13.1. The molecule has 2 N–H and O–H groups in total. The quantitative estimate of drug-likeness (QED) is 0.245. The van der Waals surface area contributed by atoms with Gasteiger partial charge in [0.1, 0.15) is 24.5 Å². The van der Waals surface area contributed by atoms with Crippen molar-refractivity contribution in [1.29, 1.82) is 0 Å². The second kappa shape index (κ2) is 18.4. The smallest absolute Gasteiger partial charge is 0.273 e. The van der Waals surface area contributed by atoms with Crippen LogP contribution in [0.1, 0.15) is 82.1 Å². The first-order chi connectivity index (χ1) is 17.0. The molecule has 0 saturated heterocycles. The van der Waals surface area contributed by atoms with E-state index in [9.17, 15) is 4.79 Å². The number of carbonyl (C=O) groups excluding carboxylic acids is 2. The number of carbonyl (C=O) groups is 2. The van der Waals surface area contributed by atoms with Crippen LogP contribution >= 0.6 is 0 Å². The number of hydrogen-bond acceptors (Lipinski definition) is 7. The summed E-state index contributed by atoms with van der Waals surface area (Å²) >= 11 is 0. The lowest BCUT2D eigenvalue weighted by molar-refractivity contribution is -0.126. The molecule has 1 aliphatic heterocycles. The highest BCUT2D eigenvalue weighted by Crippen LogP contribution is 2.19. The molecule has 8 heteroatoms. The fourth-order valence-electron chi connectivity index (χ4n) is 3.08. The molecule has 36 heavy (non-hydrogen) atoms. The van der Waals surface area contributed by atoms with Gasteiger partial charge in [-0.3, -0.25) is 4.79 Å². The number of likely N-dealkylation sites (N-methyl/N-ethyl adjacent to an activating group) is 1. The summed E-state index contributed by atoms with van der Waals surface area (Å²) in [6, 6.07) is 0. The number of rotatable bonds is 10. The van der Waals surface area contributed by atoms with Gasteiger partial charge in [0.2, 0.25) is 0 Å². The number of amides is 1. The molecule has 1 aliphatic rings. The molecule has 1 heterocycles. The molecule has 0 aliphatic carbocycles. The molecule has 0 saturated carbocycles. The lowest BCUT2D eigenvalue weighted by atomic mass is 9.91. The topological polar surface area (TPSA) is 89.4 Å². The molecule has 0 aromatic rings. The lowest BCUT2D eigenvalue weighted by Gasteiger charge is -2.23. The molecule has 0 spiro atoms. The zero-order valence-electron chi connectivity index (χ0n) is 25.0. The Morgan fingerprint density at radius 3 is 2.03 bits per heavy atom. The SMILES string of the molecule is C=O.CC.C\C=C(/C=C\C(C)=N\N=C(/C)C(C)(C)C)C1NC(C(=O)N(C)CCC)=C(N(C)CCC)N1. The third-order valence-electron chi connectivity index (χ3n) is 5.49. The Morgan fingerprint density at radius 1 is 1.00 bits per heavy atom. The van der Waals surface area contributed by atoms with Crippen LogP contribution in [0.3, 0.4) is 0 Å². The van der Waals surface area contributed by atoms with Gasteiger partial charge in [-0.25, -0.2) is 0 Å². The molecule has 1 amide bonds. The summed E-state index contributed by atoms with van der Waals surface area (Å²) in [6.07, 6.45) is 7.75. The minimum Gasteiger partial charge on any atom is -0.360 e. The van der Waals surface area contributed by atoms with Crippen molar-refractivity contribution < 1.29 is 9.59 Å². The van der Waals surface area contributed by atoms with Gasteiger partial charge >= 0.3 is 0 Å². The molecule has 8 nitrogen and oxygen atoms in total. The first-order valence-corrected chi connectivity index (χ1v) is 12.9. The van der Waals surface area contributed by atoms with Crippen LogP contribution in [-0.4, -0.2) is 67.3 Å². The van der Waals surface area contributed by atoms with Gasteiger partial charge in [-0.05, 0) is 45.3 Å². The summed E-state index contributed by atoms with van der Waals surface area (Å²) in [7, 11) is 3.86. The minimum absolute atomic E-state index is 0.000123. The number of hydrogen-bond donors (Lipinski definition) is 2. The molecule has 0 aromatic heterocycles. The Morgan fingerprint density at radius 2 is 1.56 bits per heavy atom. The minimum atomic E-state index is -0.188. The van der Waals surface area contributed by atoms with Crippen LogP contribution in [0.2, 0.25) is 0 Å². The highest BCUT2D eigenvalue weighted by Gasteiger charge is 2.31. The Hall–Kier alpha value is -2.90. The summed E-state index contributed by atoms with van der Waals surface area (Å²) in [5.74, 6) is 0.845. The predicted octanol–water partition coefficient (Wildman–Crippen LogP) is 5.11. The van der Waals surface area contributed by atoms with Crippen LogP contribution in [0.4, 0.5) is 0 Å². The summed E-state index contributed by atoms with van der Waals surface area (Å²) < 4.78 is 0. The van der Waals surface area contributed by atoms with Crippen LogP contribution in [0.15, 0.2) is 45.5 Å². The van der Waals surface area contributed by atoms with E-state index < -0.39 is 0 Å². The molecule has 0 fully saturated rings. The first-order valence-electron chi connectivity index (χ1n) is 12.9. The monoisotopic (exact) mass is 504 g/mol. The van der Waals surface area contributed by atoms with E-state index in [4.69, 9.17) is 4.79 Å². The van der Waals surface area contributed by atoms with E-state index in [0.29, 0.717) is 5.70 Å². The second-order valence-corrected chi connectivity index (χ2v) is 9.39. The molecule has 0 bridgehead atoms. The normalized spacial score (nSPS) is 16.4. The summed E-state index contributed by atoms with van der Waals surface area (Å²) in [4.78, 5) is 24.9. The van der Waals surface area contributed by atoms with Crippen molar-refractivity contribution in [2.75, 3.05) is 27.2 Å². The highest BCUT2D eigenvalue weighted by atomic mass is 16.2. The summed E-state index contributed by atoms with van der Waals surface area (Å²) in [5.41, 5.74) is 3.45. The predicted molar refractivity (Wildman–Crippen MR) is 155 cm³/mol. The molecule has 1 atom stereocenters. The maximum atomic E-state index is 13.1. The largest absolute Gasteiger partial charge is 0.360 e. The Bertz CT molecular complexity index is 818. The van der Waals surface area contributed by atoms with Gasteiger partial charge in [0, 0.05) is 38.3 Å². The first kappa shape index (κ1) is 35.3.